The molecule has 20 heavy (non-hydrogen) atoms. The minimum Gasteiger partial charge on any atom is -0.494 e. The molecule has 4 heteroatoms. The summed E-state index contributed by atoms with van der Waals surface area (Å²) in [6.45, 7) is 4.58. The van der Waals surface area contributed by atoms with Crippen molar-refractivity contribution < 1.29 is 9.53 Å². The molecular weight excluding hydrogens is 252 g/mol. The molecule has 0 spiro atoms. The number of ether oxygens (including phenoxy) is 1. The number of benzene rings is 1. The van der Waals surface area contributed by atoms with Gasteiger partial charge in [-0.1, -0.05) is 19.8 Å². The maximum Gasteiger partial charge on any atom is 0.251 e. The molecule has 0 heterocycles. The summed E-state index contributed by atoms with van der Waals surface area (Å²) in [7, 11) is 0. The van der Waals surface area contributed by atoms with Crippen molar-refractivity contribution in [1.29, 1.82) is 0 Å². The van der Waals surface area contributed by atoms with Crippen molar-refractivity contribution in [3.63, 3.8) is 0 Å². The van der Waals surface area contributed by atoms with Gasteiger partial charge in [-0.25, -0.2) is 0 Å². The van der Waals surface area contributed by atoms with E-state index < -0.39 is 0 Å². The first-order valence-corrected chi connectivity index (χ1v) is 7.46. The Morgan fingerprint density at radius 3 is 2.75 bits per heavy atom. The summed E-state index contributed by atoms with van der Waals surface area (Å²) in [6, 6.07) is 5.44. The van der Waals surface area contributed by atoms with E-state index in [1.54, 1.807) is 18.2 Å². The van der Waals surface area contributed by atoms with Gasteiger partial charge in [0, 0.05) is 23.4 Å². The van der Waals surface area contributed by atoms with Crippen LogP contribution in [0.3, 0.4) is 0 Å². The van der Waals surface area contributed by atoms with E-state index in [1.165, 1.54) is 12.8 Å². The van der Waals surface area contributed by atoms with Gasteiger partial charge in [-0.2, -0.15) is 0 Å². The lowest BCUT2D eigenvalue weighted by molar-refractivity contribution is 0.0932. The predicted molar refractivity (Wildman–Crippen MR) is 80.9 cm³/mol. The number of amides is 1. The first-order valence-electron chi connectivity index (χ1n) is 7.46. The third-order valence-electron chi connectivity index (χ3n) is 3.64. The number of hydrogen-bond acceptors (Lipinski definition) is 3. The van der Waals surface area contributed by atoms with Crippen LogP contribution in [0.25, 0.3) is 0 Å². The maximum atomic E-state index is 12.3. The molecule has 0 radical (unpaired) electrons. The maximum absolute atomic E-state index is 12.3. The van der Waals surface area contributed by atoms with E-state index in [0.717, 1.165) is 18.8 Å². The van der Waals surface area contributed by atoms with Crippen LogP contribution in [0, 0.1) is 5.92 Å². The van der Waals surface area contributed by atoms with Crippen LogP contribution in [0.4, 0.5) is 5.69 Å². The van der Waals surface area contributed by atoms with Crippen molar-refractivity contribution in [3.05, 3.63) is 23.8 Å². The first kappa shape index (κ1) is 14.7. The number of anilines is 1. The smallest absolute Gasteiger partial charge is 0.251 e. The van der Waals surface area contributed by atoms with Gasteiger partial charge >= 0.3 is 0 Å². The molecule has 1 aliphatic rings. The average Bonchev–Trinajstić information content (AvgIpc) is 3.21. The van der Waals surface area contributed by atoms with Gasteiger partial charge in [0.05, 0.1) is 6.61 Å². The van der Waals surface area contributed by atoms with Crippen molar-refractivity contribution in [1.82, 2.24) is 5.32 Å². The zero-order valence-corrected chi connectivity index (χ0v) is 12.3. The van der Waals surface area contributed by atoms with E-state index in [2.05, 4.69) is 12.2 Å². The van der Waals surface area contributed by atoms with E-state index in [4.69, 9.17) is 10.5 Å². The summed E-state index contributed by atoms with van der Waals surface area (Å²) >= 11 is 0. The Kier molecular flexibility index (Phi) is 4.88. The normalized spacial score (nSPS) is 15.7. The van der Waals surface area contributed by atoms with Crippen LogP contribution in [0.1, 0.15) is 49.9 Å². The highest BCUT2D eigenvalue weighted by Crippen LogP contribution is 2.34. The number of rotatable bonds is 7. The summed E-state index contributed by atoms with van der Waals surface area (Å²) in [6.07, 6.45) is 4.66. The Balaban J connectivity index is 2.02. The summed E-state index contributed by atoms with van der Waals surface area (Å²) < 4.78 is 5.42. The largest absolute Gasteiger partial charge is 0.494 e. The van der Waals surface area contributed by atoms with E-state index in [9.17, 15) is 4.79 Å². The van der Waals surface area contributed by atoms with Crippen LogP contribution in [0.15, 0.2) is 18.2 Å². The van der Waals surface area contributed by atoms with Crippen LogP contribution in [0.5, 0.6) is 5.75 Å². The molecule has 0 saturated heterocycles. The lowest BCUT2D eigenvalue weighted by atomic mass is 10.1. The Morgan fingerprint density at radius 2 is 2.15 bits per heavy atom. The Hall–Kier alpha value is -1.71. The fraction of sp³-hybridized carbons (Fsp3) is 0.562. The minimum atomic E-state index is -0.0641. The Labute approximate surface area is 120 Å². The molecule has 1 aromatic rings. The standard InChI is InChI=1S/C16H24N2O2/c1-3-14(7-11-5-6-11)18-16(19)12-8-13(17)10-15(9-12)20-4-2/h8-11,14H,3-7,17H2,1-2H3,(H,18,19). The van der Waals surface area contributed by atoms with E-state index in [-0.39, 0.29) is 11.9 Å². The lowest BCUT2D eigenvalue weighted by Gasteiger charge is -2.17. The molecule has 1 saturated carbocycles. The number of carbonyl (C=O) groups is 1. The molecule has 110 valence electrons. The monoisotopic (exact) mass is 276 g/mol. The molecule has 1 fully saturated rings. The van der Waals surface area contributed by atoms with E-state index in [0.29, 0.717) is 23.6 Å². The number of hydrogen-bond donors (Lipinski definition) is 2. The van der Waals surface area contributed by atoms with Gasteiger partial charge in [-0.3, -0.25) is 4.79 Å². The zero-order valence-electron chi connectivity index (χ0n) is 12.3. The fourth-order valence-electron chi connectivity index (χ4n) is 2.36. The zero-order chi connectivity index (χ0) is 14.5. The number of nitrogens with one attached hydrogen (secondary N) is 1. The van der Waals surface area contributed by atoms with Crippen LogP contribution >= 0.6 is 0 Å². The molecule has 2 rings (SSSR count). The lowest BCUT2D eigenvalue weighted by Crippen LogP contribution is -2.34. The van der Waals surface area contributed by atoms with Crippen LogP contribution in [-0.2, 0) is 0 Å². The van der Waals surface area contributed by atoms with Crippen LogP contribution < -0.4 is 15.8 Å². The molecule has 3 N–H and O–H groups in total. The van der Waals surface area contributed by atoms with Gasteiger partial charge in [0.15, 0.2) is 0 Å². The van der Waals surface area contributed by atoms with Gasteiger partial charge in [0.25, 0.3) is 5.91 Å². The second-order valence-electron chi connectivity index (χ2n) is 5.48. The van der Waals surface area contributed by atoms with E-state index in [1.807, 2.05) is 6.92 Å². The summed E-state index contributed by atoms with van der Waals surface area (Å²) in [5.41, 5.74) is 6.95. The molecule has 0 aromatic heterocycles. The quantitative estimate of drug-likeness (QED) is 0.752. The summed E-state index contributed by atoms with van der Waals surface area (Å²) in [4.78, 5) is 12.3. The topological polar surface area (TPSA) is 64.3 Å². The first-order chi connectivity index (χ1) is 9.62. The minimum absolute atomic E-state index is 0.0641. The van der Waals surface area contributed by atoms with Crippen molar-refractivity contribution in [2.75, 3.05) is 12.3 Å². The third-order valence-corrected chi connectivity index (χ3v) is 3.64. The highest BCUT2D eigenvalue weighted by Gasteiger charge is 2.25. The second-order valence-corrected chi connectivity index (χ2v) is 5.48. The van der Waals surface area contributed by atoms with Gasteiger partial charge < -0.3 is 15.8 Å². The molecule has 1 aliphatic carbocycles. The number of carbonyl (C=O) groups excluding carboxylic acids is 1. The Bertz CT molecular complexity index is 470. The van der Waals surface area contributed by atoms with Gasteiger partial charge in [-0.15, -0.1) is 0 Å². The highest BCUT2D eigenvalue weighted by atomic mass is 16.5. The molecular formula is C16H24N2O2. The van der Waals surface area contributed by atoms with Crippen molar-refractivity contribution >= 4 is 11.6 Å². The molecule has 0 bridgehead atoms. The van der Waals surface area contributed by atoms with Crippen molar-refractivity contribution in [3.8, 4) is 5.75 Å². The molecule has 1 aromatic carbocycles. The van der Waals surface area contributed by atoms with Gasteiger partial charge in [-0.05, 0) is 37.8 Å². The molecule has 4 nitrogen and oxygen atoms in total. The number of nitrogens with two attached hydrogens (primary N) is 1. The molecule has 1 amide bonds. The summed E-state index contributed by atoms with van der Waals surface area (Å²) in [5, 5.41) is 3.10. The Morgan fingerprint density at radius 1 is 1.40 bits per heavy atom. The van der Waals surface area contributed by atoms with Crippen LogP contribution in [0.2, 0.25) is 0 Å². The van der Waals surface area contributed by atoms with Gasteiger partial charge in [0.1, 0.15) is 5.75 Å². The van der Waals surface area contributed by atoms with Crippen molar-refractivity contribution in [2.24, 2.45) is 5.92 Å². The average molecular weight is 276 g/mol. The van der Waals surface area contributed by atoms with E-state index >= 15 is 0 Å². The molecule has 0 aliphatic heterocycles. The fourth-order valence-corrected chi connectivity index (χ4v) is 2.36. The highest BCUT2D eigenvalue weighted by molar-refractivity contribution is 5.95. The SMILES string of the molecule is CCOc1cc(N)cc(C(=O)NC(CC)CC2CC2)c1. The third kappa shape index (κ3) is 4.15. The number of nitrogen functional groups attached to an aromatic ring is 1. The molecule has 1 unspecified atom stereocenters. The van der Waals surface area contributed by atoms with Crippen molar-refractivity contribution in [2.45, 2.75) is 45.6 Å². The second kappa shape index (κ2) is 6.64. The van der Waals surface area contributed by atoms with Gasteiger partial charge in [0.2, 0.25) is 0 Å². The molecule has 1 atom stereocenters. The predicted octanol–water partition coefficient (Wildman–Crippen LogP) is 2.98. The summed E-state index contributed by atoms with van der Waals surface area (Å²) in [5.74, 6) is 1.39. The van der Waals surface area contributed by atoms with Crippen LogP contribution in [-0.4, -0.2) is 18.6 Å².